The number of urea groups is 1. The fraction of sp³-hybridized carbons (Fsp3) is 0.423. The van der Waals surface area contributed by atoms with Gasteiger partial charge in [0.15, 0.2) is 0 Å². The van der Waals surface area contributed by atoms with Crippen LogP contribution in [-0.4, -0.2) is 69.6 Å². The van der Waals surface area contributed by atoms with Crippen LogP contribution in [-0.2, 0) is 0 Å². The van der Waals surface area contributed by atoms with Gasteiger partial charge in [0.05, 0.1) is 52.1 Å². The molecule has 3 amide bonds. The normalized spacial score (nSPS) is 17.7. The van der Waals surface area contributed by atoms with Gasteiger partial charge in [-0.05, 0) is 56.9 Å². The predicted octanol–water partition coefficient (Wildman–Crippen LogP) is 2.23. The van der Waals surface area contributed by atoms with E-state index in [0.29, 0.717) is 35.1 Å². The van der Waals surface area contributed by atoms with Gasteiger partial charge in [-0.25, -0.2) is 13.7 Å². The molecule has 1 atom stereocenters. The Labute approximate surface area is 219 Å². The van der Waals surface area contributed by atoms with E-state index >= 15 is 0 Å². The molecule has 0 aromatic carbocycles. The van der Waals surface area contributed by atoms with E-state index in [2.05, 4.69) is 37.4 Å². The van der Waals surface area contributed by atoms with Crippen molar-refractivity contribution in [1.82, 2.24) is 30.5 Å². The van der Waals surface area contributed by atoms with Gasteiger partial charge in [0.1, 0.15) is 12.2 Å². The molecule has 0 saturated heterocycles. The summed E-state index contributed by atoms with van der Waals surface area (Å²) in [6, 6.07) is 9.02. The van der Waals surface area contributed by atoms with Crippen LogP contribution >= 0.6 is 0 Å². The third-order valence-corrected chi connectivity index (χ3v) is 6.62. The van der Waals surface area contributed by atoms with Crippen molar-refractivity contribution in [3.63, 3.8) is 0 Å². The molecule has 3 aromatic heterocycles. The first-order valence-corrected chi connectivity index (χ1v) is 12.3. The molecule has 1 aliphatic rings. The highest BCUT2D eigenvalue weighted by Crippen LogP contribution is 2.32. The summed E-state index contributed by atoms with van der Waals surface area (Å²) in [7, 11) is 1.56. The van der Waals surface area contributed by atoms with E-state index in [9.17, 15) is 19.1 Å². The number of carbonyl (C=O) groups is 2. The van der Waals surface area contributed by atoms with Gasteiger partial charge < -0.3 is 26.4 Å². The molecule has 5 N–H and O–H groups in total. The van der Waals surface area contributed by atoms with Crippen molar-refractivity contribution >= 4 is 23.1 Å². The van der Waals surface area contributed by atoms with Crippen LogP contribution in [0.5, 0.6) is 0 Å². The second-order valence-electron chi connectivity index (χ2n) is 10.00. The zero-order valence-electron chi connectivity index (χ0n) is 21.5. The molecule has 0 aliphatic heterocycles. The number of anilines is 1. The number of aliphatic hydroxyl groups is 1. The van der Waals surface area contributed by atoms with Crippen LogP contribution in [0, 0.1) is 17.2 Å². The van der Waals surface area contributed by atoms with E-state index in [-0.39, 0.29) is 24.2 Å². The lowest BCUT2D eigenvalue weighted by atomic mass is 9.80. The molecule has 1 fully saturated rings. The molecule has 38 heavy (non-hydrogen) atoms. The smallest absolute Gasteiger partial charge is 0.314 e. The Morgan fingerprint density at radius 2 is 2.03 bits per heavy atom. The number of nitrogens with one attached hydrogen (secondary N) is 4. The Balaban J connectivity index is 1.56. The van der Waals surface area contributed by atoms with Crippen molar-refractivity contribution in [2.75, 3.05) is 25.5 Å². The Bertz CT molecular complexity index is 1370. The van der Waals surface area contributed by atoms with Gasteiger partial charge >= 0.3 is 6.03 Å². The fourth-order valence-corrected chi connectivity index (χ4v) is 4.24. The number of hydrogen-bond donors (Lipinski definition) is 5. The number of nitrogens with zero attached hydrogens (tertiary/aromatic N) is 4. The lowest BCUT2D eigenvalue weighted by molar-refractivity contribution is -0.00177. The van der Waals surface area contributed by atoms with E-state index < -0.39 is 17.7 Å². The molecule has 0 radical (unpaired) electrons. The summed E-state index contributed by atoms with van der Waals surface area (Å²) in [6.07, 6.45) is 2.83. The lowest BCUT2D eigenvalue weighted by Gasteiger charge is -2.37. The molecular weight excluding hydrogens is 491 g/mol. The SMILES string of the molecule is CNC(=O)NC[C@H]1C[C@H](Nc2cc(-c3ccc4cc(C#N)cnn34)ncc2C(=O)NC[C@@H](F)C(C)(C)O)C1. The first-order valence-electron chi connectivity index (χ1n) is 12.3. The molecule has 0 unspecified atom stereocenters. The molecule has 1 aliphatic carbocycles. The highest BCUT2D eigenvalue weighted by molar-refractivity contribution is 6.00. The number of nitriles is 1. The van der Waals surface area contributed by atoms with E-state index in [1.165, 1.54) is 26.2 Å². The Morgan fingerprint density at radius 3 is 2.71 bits per heavy atom. The zero-order chi connectivity index (χ0) is 27.4. The first-order chi connectivity index (χ1) is 18.1. The topological polar surface area (TPSA) is 156 Å². The maximum Gasteiger partial charge on any atom is 0.314 e. The summed E-state index contributed by atoms with van der Waals surface area (Å²) in [5.41, 5.74) is 1.57. The minimum atomic E-state index is -1.65. The zero-order valence-corrected chi connectivity index (χ0v) is 21.5. The summed E-state index contributed by atoms with van der Waals surface area (Å²) in [5.74, 6) is -0.219. The summed E-state index contributed by atoms with van der Waals surface area (Å²) >= 11 is 0. The summed E-state index contributed by atoms with van der Waals surface area (Å²) in [4.78, 5) is 28.9. The van der Waals surface area contributed by atoms with Crippen molar-refractivity contribution < 1.29 is 19.1 Å². The molecule has 0 spiro atoms. The number of aromatic nitrogens is 3. The Morgan fingerprint density at radius 1 is 1.26 bits per heavy atom. The number of fused-ring (bicyclic) bond motifs is 1. The Kier molecular flexibility index (Phi) is 7.78. The highest BCUT2D eigenvalue weighted by Gasteiger charge is 2.31. The number of carbonyl (C=O) groups excluding carboxylic acids is 2. The maximum atomic E-state index is 14.3. The predicted molar refractivity (Wildman–Crippen MR) is 139 cm³/mol. The number of amides is 3. The molecule has 0 bridgehead atoms. The van der Waals surface area contributed by atoms with Crippen LogP contribution in [0.4, 0.5) is 14.9 Å². The average molecular weight is 523 g/mol. The fourth-order valence-electron chi connectivity index (χ4n) is 4.24. The van der Waals surface area contributed by atoms with Crippen LogP contribution in [0.3, 0.4) is 0 Å². The summed E-state index contributed by atoms with van der Waals surface area (Å²) in [6.45, 7) is 2.88. The average Bonchev–Trinajstić information content (AvgIpc) is 3.30. The molecule has 1 saturated carbocycles. The van der Waals surface area contributed by atoms with Crippen molar-refractivity contribution in [3.8, 4) is 17.5 Å². The van der Waals surface area contributed by atoms with Gasteiger partial charge in [-0.2, -0.15) is 10.4 Å². The minimum absolute atomic E-state index is 0.0685. The molecule has 11 nitrogen and oxygen atoms in total. The third-order valence-electron chi connectivity index (χ3n) is 6.62. The van der Waals surface area contributed by atoms with Gasteiger partial charge in [-0.1, -0.05) is 0 Å². The van der Waals surface area contributed by atoms with Crippen LogP contribution < -0.4 is 21.3 Å². The van der Waals surface area contributed by atoms with Crippen LogP contribution in [0.15, 0.2) is 36.7 Å². The van der Waals surface area contributed by atoms with E-state index in [1.807, 2.05) is 12.1 Å². The van der Waals surface area contributed by atoms with Gasteiger partial charge in [0.25, 0.3) is 5.91 Å². The first kappa shape index (κ1) is 26.8. The van der Waals surface area contributed by atoms with Gasteiger partial charge in [0, 0.05) is 25.8 Å². The van der Waals surface area contributed by atoms with Crippen molar-refractivity contribution in [1.29, 1.82) is 5.26 Å². The molecular formula is C26H31FN8O3. The standard InChI is InChI=1S/C26H31FN8O3/c1-26(2,38)23(27)14-31-24(36)19-13-30-21(22-5-4-18-8-16(10-28)12-33-35(18)22)9-20(19)34-17-6-15(7-17)11-32-25(37)29-3/h4-5,8-9,12-13,15,17,23,38H,6-7,11,14H2,1-3H3,(H,30,34)(H,31,36)(H2,29,32,37)/t15-,17-,23-/m1/s1. The van der Waals surface area contributed by atoms with Crippen molar-refractivity contribution in [3.05, 3.63) is 47.8 Å². The van der Waals surface area contributed by atoms with E-state index in [0.717, 1.165) is 18.4 Å². The van der Waals surface area contributed by atoms with Gasteiger partial charge in [-0.15, -0.1) is 0 Å². The van der Waals surface area contributed by atoms with Crippen LogP contribution in [0.1, 0.15) is 42.6 Å². The molecule has 3 heterocycles. The van der Waals surface area contributed by atoms with E-state index in [1.54, 1.807) is 23.7 Å². The summed E-state index contributed by atoms with van der Waals surface area (Å²) < 4.78 is 15.9. The minimum Gasteiger partial charge on any atom is -0.387 e. The molecule has 12 heteroatoms. The Hall–Kier alpha value is -4.24. The van der Waals surface area contributed by atoms with Gasteiger partial charge in [0.2, 0.25) is 0 Å². The van der Waals surface area contributed by atoms with Crippen molar-refractivity contribution in [2.45, 2.75) is 44.5 Å². The van der Waals surface area contributed by atoms with E-state index in [4.69, 9.17) is 5.26 Å². The second-order valence-corrected chi connectivity index (χ2v) is 10.00. The molecule has 3 aromatic rings. The molecule has 4 rings (SSSR count). The number of alkyl halides is 1. The maximum absolute atomic E-state index is 14.3. The highest BCUT2D eigenvalue weighted by atomic mass is 19.1. The number of halogens is 1. The lowest BCUT2D eigenvalue weighted by Crippen LogP contribution is -2.44. The number of pyridine rings is 1. The second kappa shape index (κ2) is 11.0. The van der Waals surface area contributed by atoms with Crippen LogP contribution in [0.2, 0.25) is 0 Å². The number of rotatable bonds is 9. The number of hydrogen-bond acceptors (Lipinski definition) is 7. The van der Waals surface area contributed by atoms with Crippen LogP contribution in [0.25, 0.3) is 16.9 Å². The quantitative estimate of drug-likeness (QED) is 0.288. The van der Waals surface area contributed by atoms with Crippen molar-refractivity contribution in [2.24, 2.45) is 5.92 Å². The largest absolute Gasteiger partial charge is 0.387 e. The summed E-state index contributed by atoms with van der Waals surface area (Å²) in [5, 5.41) is 34.6. The molecule has 200 valence electrons. The third kappa shape index (κ3) is 6.00. The monoisotopic (exact) mass is 522 g/mol. The van der Waals surface area contributed by atoms with Gasteiger partial charge in [-0.3, -0.25) is 9.78 Å².